The number of carbonyl (C=O) groups is 4. The number of amides is 4. The van der Waals surface area contributed by atoms with Gasteiger partial charge in [0.2, 0.25) is 11.9 Å². The number of aromatic hydroxyl groups is 2. The number of nitrogens with one attached hydrogen (secondary N) is 2. The molecule has 32 nitrogen and oxygen atoms in total. The Morgan fingerprint density at radius 2 is 0.745 bits per heavy atom. The van der Waals surface area contributed by atoms with Crippen molar-refractivity contribution in [3.8, 4) is 11.5 Å². The highest BCUT2D eigenvalue weighted by atomic mass is 79.9. The number of rotatable bonds is 7. The second-order valence-corrected chi connectivity index (χ2v) is 26.4. The number of hydrogen-bond acceptors (Lipinski definition) is 22. The predicted octanol–water partition coefficient (Wildman–Crippen LogP) is 3.94. The van der Waals surface area contributed by atoms with Crippen molar-refractivity contribution in [2.24, 2.45) is 0 Å². The van der Waals surface area contributed by atoms with Crippen LogP contribution in [-0.4, -0.2) is 227 Å². The molecule has 10 heterocycles. The maximum Gasteiger partial charge on any atom is 0.410 e. The van der Waals surface area contributed by atoms with Crippen LogP contribution in [-0.2, 0) is 9.47 Å². The van der Waals surface area contributed by atoms with Crippen LogP contribution in [0, 0.1) is 10.1 Å². The van der Waals surface area contributed by atoms with Crippen molar-refractivity contribution < 1.29 is 93.5 Å². The number of nitro benzene ring substituents is 1. The fourth-order valence-corrected chi connectivity index (χ4v) is 11.1. The summed E-state index contributed by atoms with van der Waals surface area (Å²) in [4.78, 5) is 73.5. The van der Waals surface area contributed by atoms with Crippen molar-refractivity contribution in [2.75, 3.05) is 156 Å². The Bertz CT molecular complexity index is 3870. The number of anilines is 5. The summed E-state index contributed by atoms with van der Waals surface area (Å²) in [5, 5.41) is 85.0. The fourth-order valence-electron chi connectivity index (χ4n) is 10.8. The summed E-state index contributed by atoms with van der Waals surface area (Å²) < 4.78 is 16.6. The largest absolute Gasteiger partial charge is 0.505 e. The van der Waals surface area contributed by atoms with Gasteiger partial charge in [-0.3, -0.25) is 44.5 Å². The van der Waals surface area contributed by atoms with Gasteiger partial charge in [0.15, 0.2) is 5.75 Å². The van der Waals surface area contributed by atoms with Crippen LogP contribution in [0.25, 0.3) is 0 Å². The van der Waals surface area contributed by atoms with Crippen LogP contribution >= 0.6 is 15.9 Å². The number of para-hydroxylation sites is 2. The van der Waals surface area contributed by atoms with Crippen LogP contribution in [0.1, 0.15) is 62.3 Å². The van der Waals surface area contributed by atoms with Crippen molar-refractivity contribution in [1.82, 2.24) is 30.2 Å². The smallest absolute Gasteiger partial charge is 0.410 e. The number of carbonyl (C=O) groups excluding carboxylic acids is 4. The van der Waals surface area contributed by atoms with E-state index in [4.69, 9.17) is 20.4 Å². The highest BCUT2D eigenvalue weighted by Crippen LogP contribution is 2.31. The molecule has 5 fully saturated rings. The number of ether oxygens (including phenoxy) is 2. The number of phenolic OH excluding ortho intramolecular Hbond substituents is 2. The van der Waals surface area contributed by atoms with Crippen LogP contribution in [0.15, 0.2) is 163 Å². The standard InChI is InChI=1S/C16H16N4O5.C16H18N4O3.C14H22N3O3.C9H14N3O.C9H18N2O2.C5H5BrNO/c21-15-12(4-3-5-13(15)20(24)25)16(22)18-10-8-17(9-11-18)14-6-1-2-7-19(14)23;17-13-5-3-4-12(15(13)21)16(22)19-10-8-18(9-11-19)14-6-1-2-7-20(14)23;1-14(2,3)20-13(18)16-10-8-15(9-11-16)12-6-4-5-7-17(12)19;13-12-6-2-1-3-9(12)11-7-4-10-5-8-11;1-9(2,3)13-8(12)11-6-4-10-5-7-11;6-5-3-1-2-4-7(5)8/h1-7H,8-11H2,(H-,21,22,23);1-7H,8-11,17H2,(H-,21,22,23);4-7,19H,8-11H2,1-3H3;1-3,6,10,13H,4-5,7-8H2;10H,4-7H2,1-3H3;1-4,8H/q;;2*+1;;+1/p+2. The minimum Gasteiger partial charge on any atom is -0.505 e. The molecule has 5 aliphatic heterocycles. The fraction of sp³-hybridized carbons (Fsp3) is 0.406. The average Bonchev–Trinajstić information content (AvgIpc) is 0.814. The molecule has 0 aliphatic carbocycles. The van der Waals surface area contributed by atoms with Crippen molar-refractivity contribution in [3.05, 3.63) is 184 Å². The Kier molecular flexibility index (Phi) is 28.8. The van der Waals surface area contributed by atoms with Gasteiger partial charge in [0.05, 0.1) is 74.1 Å². The number of benzene rings is 2. The summed E-state index contributed by atoms with van der Waals surface area (Å²) in [6.45, 7) is 24.7. The first-order chi connectivity index (χ1) is 48.6. The third-order valence-electron chi connectivity index (χ3n) is 16.1. The summed E-state index contributed by atoms with van der Waals surface area (Å²) >= 11 is 3.11. The molecule has 0 unspecified atom stereocenters. The highest BCUT2D eigenvalue weighted by Gasteiger charge is 2.34. The SMILES string of the molecule is CC(C)(C)OC(=O)N1CCN(c2cccc[n+]2O)CC1.CC(C)(C)OC(=O)N1CCNCC1.Nc1cccc(C(=O)N2CCN(c3cccc[n+]3O)CC2)c1O.O=C(c1cccc([N+](=O)[O-])c1O)N1CCN(c2cccc[n+]2O)CC1.O[n+]1ccccc1Br.O[n+]1ccccc1N1CCNCC1. The van der Waals surface area contributed by atoms with Crippen molar-refractivity contribution in [1.29, 1.82) is 0 Å². The number of nitro groups is 1. The van der Waals surface area contributed by atoms with Crippen LogP contribution in [0.3, 0.4) is 0 Å². The molecule has 7 aromatic rings. The van der Waals surface area contributed by atoms with E-state index >= 15 is 0 Å². The Labute approximate surface area is 600 Å². The molecule has 5 aliphatic rings. The monoisotopic (exact) mass is 1480 g/mol. The van der Waals surface area contributed by atoms with Gasteiger partial charge in [-0.15, -0.1) is 0 Å². The average molecular weight is 1480 g/mol. The molecule has 33 heteroatoms. The second-order valence-electron chi connectivity index (χ2n) is 25.6. The first-order valence-electron chi connectivity index (χ1n) is 33.2. The van der Waals surface area contributed by atoms with Crippen LogP contribution in [0.5, 0.6) is 11.5 Å². The lowest BCUT2D eigenvalue weighted by Crippen LogP contribution is -2.53. The van der Waals surface area contributed by atoms with Crippen LogP contribution < -0.4 is 59.6 Å². The molecular formula is C69H95BrN17O15+5. The van der Waals surface area contributed by atoms with Crippen molar-refractivity contribution in [2.45, 2.75) is 52.7 Å². The van der Waals surface area contributed by atoms with Gasteiger partial charge >= 0.3 is 41.1 Å². The highest BCUT2D eigenvalue weighted by molar-refractivity contribution is 9.10. The number of piperazine rings is 5. The Balaban J connectivity index is 0.000000177. The summed E-state index contributed by atoms with van der Waals surface area (Å²) in [7, 11) is 0. The number of nitrogens with two attached hydrogens (primary N) is 1. The minimum absolute atomic E-state index is 0.0837. The van der Waals surface area contributed by atoms with Crippen LogP contribution in [0.4, 0.5) is 44.2 Å². The van der Waals surface area contributed by atoms with E-state index < -0.39 is 27.9 Å². The van der Waals surface area contributed by atoms with E-state index in [1.165, 1.54) is 28.0 Å². The van der Waals surface area contributed by atoms with E-state index in [1.807, 2.05) is 105 Å². The summed E-state index contributed by atoms with van der Waals surface area (Å²) in [6.07, 6.45) is 7.40. The first kappa shape index (κ1) is 78.4. The van der Waals surface area contributed by atoms with Gasteiger partial charge in [0, 0.05) is 102 Å². The zero-order valence-electron chi connectivity index (χ0n) is 58.3. The third-order valence-corrected chi connectivity index (χ3v) is 16.7. The molecule has 5 aromatic heterocycles. The number of pyridine rings is 5. The lowest BCUT2D eigenvalue weighted by Gasteiger charge is -2.32. The number of hydrogen-bond donors (Lipinski definition) is 10. The maximum absolute atomic E-state index is 12.6. The topological polar surface area (TPSA) is 367 Å². The van der Waals surface area contributed by atoms with E-state index in [1.54, 1.807) is 100 Å². The third kappa shape index (κ3) is 23.3. The number of phenols is 2. The van der Waals surface area contributed by atoms with E-state index in [0.717, 1.165) is 89.0 Å². The molecule has 4 amide bonds. The van der Waals surface area contributed by atoms with Gasteiger partial charge in [0.25, 0.3) is 16.4 Å². The van der Waals surface area contributed by atoms with Gasteiger partial charge in [-0.2, -0.15) is 0 Å². The van der Waals surface area contributed by atoms with E-state index in [9.17, 15) is 60.3 Å². The first-order valence-corrected chi connectivity index (χ1v) is 34.0. The second kappa shape index (κ2) is 37.5. The van der Waals surface area contributed by atoms with Gasteiger partial charge in [-0.05, 0) is 90.1 Å². The molecule has 0 saturated carbocycles. The molecule has 102 heavy (non-hydrogen) atoms. The summed E-state index contributed by atoms with van der Waals surface area (Å²) in [5.74, 6) is 1.43. The quantitative estimate of drug-likeness (QED) is 0.0205. The van der Waals surface area contributed by atoms with E-state index in [2.05, 4.69) is 31.5 Å². The molecule has 548 valence electrons. The van der Waals surface area contributed by atoms with Crippen molar-refractivity contribution in [3.63, 3.8) is 0 Å². The molecule has 2 aromatic carbocycles. The Hall–Kier alpha value is -10.9. The number of aromatic nitrogens is 5. The van der Waals surface area contributed by atoms with Gasteiger partial charge in [0.1, 0.15) is 75.3 Å². The van der Waals surface area contributed by atoms with Gasteiger partial charge < -0.3 is 76.5 Å². The van der Waals surface area contributed by atoms with Crippen molar-refractivity contribution >= 4 is 74.6 Å². The molecule has 0 atom stereocenters. The molecule has 0 radical (unpaired) electrons. The number of nitrogen functional groups attached to an aromatic ring is 1. The molecule has 12 rings (SSSR count). The molecule has 11 N–H and O–H groups in total. The predicted molar refractivity (Wildman–Crippen MR) is 376 cm³/mol. The summed E-state index contributed by atoms with van der Waals surface area (Å²) in [5.41, 5.74) is 4.62. The molecular weight excluding hydrogens is 1390 g/mol. The zero-order chi connectivity index (χ0) is 74.1. The summed E-state index contributed by atoms with van der Waals surface area (Å²) in [6, 6.07) is 35.8. The molecule has 5 saturated heterocycles. The Morgan fingerprint density at radius 1 is 0.431 bits per heavy atom. The number of nitrogens with zero attached hydrogens (tertiary/aromatic N) is 14. The van der Waals surface area contributed by atoms with Gasteiger partial charge in [-0.25, -0.2) is 9.59 Å². The molecule has 0 spiro atoms. The lowest BCUT2D eigenvalue weighted by atomic mass is 10.1. The Morgan fingerprint density at radius 3 is 1.08 bits per heavy atom. The minimum atomic E-state index is -0.723. The maximum atomic E-state index is 12.6. The van der Waals surface area contributed by atoms with E-state index in [0.29, 0.717) is 94.8 Å². The number of halogens is 1. The zero-order valence-corrected chi connectivity index (χ0v) is 59.9. The lowest BCUT2D eigenvalue weighted by molar-refractivity contribution is -0.913. The molecule has 0 bridgehead atoms. The van der Waals surface area contributed by atoms with E-state index in [-0.39, 0.29) is 46.3 Å². The normalized spacial score (nSPS) is 15.3. The van der Waals surface area contributed by atoms with Gasteiger partial charge in [-0.1, -0.05) is 55.3 Å². The van der Waals surface area contributed by atoms with Crippen LogP contribution in [0.2, 0.25) is 0 Å².